The zero-order valence-electron chi connectivity index (χ0n) is 18.5. The molecule has 4 aromatic carbocycles. The fourth-order valence-corrected chi connectivity index (χ4v) is 11.2. The van der Waals surface area contributed by atoms with Crippen LogP contribution in [0.3, 0.4) is 0 Å². The molecular formula is C28H25Br3ClOP. The summed E-state index contributed by atoms with van der Waals surface area (Å²) in [4.78, 5) is 0. The Balaban J connectivity index is 0.000000215. The predicted molar refractivity (Wildman–Crippen MR) is 163 cm³/mol. The van der Waals surface area contributed by atoms with Gasteiger partial charge in [0.05, 0.1) is 5.02 Å². The van der Waals surface area contributed by atoms with Crippen molar-refractivity contribution in [1.82, 2.24) is 0 Å². The van der Waals surface area contributed by atoms with Gasteiger partial charge < -0.3 is 4.74 Å². The summed E-state index contributed by atoms with van der Waals surface area (Å²) in [5.74, 6) is 0.707. The molecule has 0 unspecified atom stereocenters. The Morgan fingerprint density at radius 2 is 1.18 bits per heavy atom. The molecule has 0 aromatic heterocycles. The van der Waals surface area contributed by atoms with Crippen molar-refractivity contribution in [3.05, 3.63) is 132 Å². The number of hydrogen-bond acceptors (Lipinski definition) is 1. The van der Waals surface area contributed by atoms with Crippen molar-refractivity contribution in [3.8, 4) is 5.75 Å². The van der Waals surface area contributed by atoms with E-state index in [0.717, 1.165) is 10.9 Å². The monoisotopic (exact) mass is 680 g/mol. The Morgan fingerprint density at radius 3 is 1.56 bits per heavy atom. The molecule has 0 spiro atoms. The Kier molecular flexibility index (Phi) is 10.0. The van der Waals surface area contributed by atoms with E-state index in [4.69, 9.17) is 16.3 Å². The van der Waals surface area contributed by atoms with Gasteiger partial charge in [-0.2, -0.15) is 0 Å². The number of hydrogen-bond donors (Lipinski definition) is 0. The van der Waals surface area contributed by atoms with Gasteiger partial charge in [-0.25, -0.2) is 0 Å². The predicted octanol–water partition coefficient (Wildman–Crippen LogP) is 8.94. The van der Waals surface area contributed by atoms with E-state index in [-0.39, 0.29) is 0 Å². The number of alkyl halides is 1. The molecule has 0 aliphatic rings. The van der Waals surface area contributed by atoms with Crippen molar-refractivity contribution < 1.29 is 4.74 Å². The fourth-order valence-electron chi connectivity index (χ4n) is 3.41. The maximum absolute atomic E-state index is 5.91. The molecule has 1 nitrogen and oxygen atoms in total. The van der Waals surface area contributed by atoms with Gasteiger partial charge in [0.1, 0.15) is 12.4 Å². The Morgan fingerprint density at radius 1 is 0.735 bits per heavy atom. The van der Waals surface area contributed by atoms with E-state index in [1.807, 2.05) is 18.2 Å². The minimum absolute atomic E-state index is 0.478. The molecule has 0 saturated carbocycles. The van der Waals surface area contributed by atoms with E-state index in [2.05, 4.69) is 144 Å². The average molecular weight is 684 g/mol. The minimum atomic E-state index is -2.75. The van der Waals surface area contributed by atoms with Crippen molar-refractivity contribution in [2.75, 3.05) is 6.61 Å². The second kappa shape index (κ2) is 12.5. The molecule has 0 N–H and O–H groups in total. The molecule has 0 aliphatic heterocycles. The zero-order chi connectivity index (χ0) is 24.5. The first-order chi connectivity index (χ1) is 16.4. The van der Waals surface area contributed by atoms with Crippen molar-refractivity contribution in [1.29, 1.82) is 0 Å². The fraction of sp³-hybridized carbons (Fsp3) is 0.0714. The van der Waals surface area contributed by atoms with Gasteiger partial charge in [0.15, 0.2) is 0 Å². The standard InChI is InChI=1S/C18H15Br2P.C10H10BrClO/c19-21(20,16-10-4-1-5-11-16,17-12-6-2-7-13-17)18-14-8-3-9-15-18;1-2-5-13-10-6-8(7-11)3-4-9(10)12/h1-15H;2-4,6H,1,5,7H2. The van der Waals surface area contributed by atoms with Crippen LogP contribution in [0.15, 0.2) is 122 Å². The summed E-state index contributed by atoms with van der Waals surface area (Å²) in [6.45, 7) is 4.05. The molecule has 0 bridgehead atoms. The normalized spacial score (nSPS) is 11.9. The van der Waals surface area contributed by atoms with E-state index in [9.17, 15) is 0 Å². The number of halogens is 4. The van der Waals surface area contributed by atoms with Gasteiger partial charge in [-0.05, 0) is 17.7 Å². The Hall–Kier alpha value is -1.42. The third-order valence-electron chi connectivity index (χ3n) is 5.14. The van der Waals surface area contributed by atoms with Gasteiger partial charge in [-0.15, -0.1) is 0 Å². The summed E-state index contributed by atoms with van der Waals surface area (Å²) in [6, 6.07) is 37.5. The van der Waals surface area contributed by atoms with Gasteiger partial charge in [-0.3, -0.25) is 0 Å². The molecule has 6 heteroatoms. The molecule has 4 aromatic rings. The van der Waals surface area contributed by atoms with Gasteiger partial charge in [-0.1, -0.05) is 46.3 Å². The summed E-state index contributed by atoms with van der Waals surface area (Å²) < 4.78 is 2.61. The molecule has 34 heavy (non-hydrogen) atoms. The first kappa shape index (κ1) is 27.2. The molecule has 0 radical (unpaired) electrons. The molecule has 0 amide bonds. The molecule has 0 saturated heterocycles. The van der Waals surface area contributed by atoms with E-state index in [0.29, 0.717) is 17.4 Å². The van der Waals surface area contributed by atoms with Crippen LogP contribution in [0.1, 0.15) is 5.56 Å². The first-order valence-electron chi connectivity index (χ1n) is 10.6. The molecule has 0 fully saturated rings. The average Bonchev–Trinajstić information content (AvgIpc) is 2.90. The van der Waals surface area contributed by atoms with Crippen LogP contribution >= 0.6 is 62.5 Å². The van der Waals surface area contributed by atoms with Crippen LogP contribution in [0.4, 0.5) is 0 Å². The molecule has 0 aliphatic carbocycles. The first-order valence-corrected chi connectivity index (χ1v) is 18.4. The molecule has 176 valence electrons. The van der Waals surface area contributed by atoms with E-state index < -0.39 is 4.01 Å². The third kappa shape index (κ3) is 6.22. The second-order valence-corrected chi connectivity index (χ2v) is 23.1. The smallest absolute Gasteiger partial charge is 0.138 e. The molecule has 0 atom stereocenters. The maximum atomic E-state index is 5.91. The molecular weight excluding hydrogens is 658 g/mol. The summed E-state index contributed by atoms with van der Waals surface area (Å²) in [5, 5.41) is 5.23. The van der Waals surface area contributed by atoms with Crippen LogP contribution in [0, 0.1) is 0 Å². The van der Waals surface area contributed by atoms with E-state index in [1.54, 1.807) is 6.08 Å². The number of rotatable bonds is 7. The summed E-state index contributed by atoms with van der Waals surface area (Å²) in [5.41, 5.74) is 1.14. The van der Waals surface area contributed by atoms with Gasteiger partial charge in [0, 0.05) is 5.33 Å². The van der Waals surface area contributed by atoms with Crippen LogP contribution in [-0.2, 0) is 5.33 Å². The van der Waals surface area contributed by atoms with Gasteiger partial charge in [0.25, 0.3) is 0 Å². The Bertz CT molecular complexity index is 1100. The number of ether oxygens (including phenoxy) is 1. The largest absolute Gasteiger partial charge is 0.488 e. The zero-order valence-corrected chi connectivity index (χ0v) is 24.9. The van der Waals surface area contributed by atoms with Crippen LogP contribution in [0.2, 0.25) is 5.02 Å². The maximum Gasteiger partial charge on any atom is 0.138 e. The topological polar surface area (TPSA) is 9.23 Å². The van der Waals surface area contributed by atoms with Gasteiger partial charge in [0.2, 0.25) is 0 Å². The van der Waals surface area contributed by atoms with E-state index in [1.165, 1.54) is 15.9 Å². The van der Waals surface area contributed by atoms with Crippen molar-refractivity contribution in [3.63, 3.8) is 0 Å². The van der Waals surface area contributed by atoms with Crippen LogP contribution < -0.4 is 20.7 Å². The molecule has 0 heterocycles. The summed E-state index contributed by atoms with van der Waals surface area (Å²) >= 11 is 17.6. The Labute approximate surface area is 231 Å². The van der Waals surface area contributed by atoms with Crippen molar-refractivity contribution >= 4 is 78.4 Å². The second-order valence-electron chi connectivity index (χ2n) is 7.41. The van der Waals surface area contributed by atoms with Crippen LogP contribution in [0.5, 0.6) is 5.75 Å². The van der Waals surface area contributed by atoms with Crippen LogP contribution in [-0.4, -0.2) is 6.61 Å². The quantitative estimate of drug-likeness (QED) is 0.107. The summed E-state index contributed by atoms with van der Waals surface area (Å²) in [7, 11) is 0. The summed E-state index contributed by atoms with van der Waals surface area (Å²) in [6.07, 6.45) is 1.69. The minimum Gasteiger partial charge on any atom is -0.488 e. The SMILES string of the molecule is BrP(Br)(c1ccccc1)(c1ccccc1)c1ccccc1.C=CCOc1cc(CBr)ccc1Cl. The third-order valence-corrected chi connectivity index (χ3v) is 17.1. The number of benzene rings is 4. The molecule has 4 rings (SSSR count). The van der Waals surface area contributed by atoms with Crippen molar-refractivity contribution in [2.45, 2.75) is 5.33 Å². The van der Waals surface area contributed by atoms with E-state index >= 15 is 0 Å². The van der Waals surface area contributed by atoms with Gasteiger partial charge >= 0.3 is 142 Å². The van der Waals surface area contributed by atoms with Crippen molar-refractivity contribution in [2.24, 2.45) is 0 Å². The van der Waals surface area contributed by atoms with Crippen LogP contribution in [0.25, 0.3) is 0 Å².